The van der Waals surface area contributed by atoms with Gasteiger partial charge in [-0.1, -0.05) is 48.9 Å². The Morgan fingerprint density at radius 2 is 1.28 bits per heavy atom. The monoisotopic (exact) mass is 827 g/mol. The fourth-order valence-corrected chi connectivity index (χ4v) is 6.57. The summed E-state index contributed by atoms with van der Waals surface area (Å²) < 4.78 is 12.9. The second-order valence-corrected chi connectivity index (χ2v) is 12.7. The van der Waals surface area contributed by atoms with E-state index < -0.39 is 0 Å². The van der Waals surface area contributed by atoms with E-state index >= 15 is 0 Å². The zero-order valence-corrected chi connectivity index (χ0v) is 30.9. The van der Waals surface area contributed by atoms with Crippen LogP contribution in [0.15, 0.2) is 124 Å². The fraction of sp³-hybridized carbons (Fsp3) is 0.111. The number of rotatable bonds is 3. The van der Waals surface area contributed by atoms with E-state index in [1.165, 1.54) is 27.8 Å². The van der Waals surface area contributed by atoms with E-state index in [4.69, 9.17) is 8.83 Å². The molecule has 1 radical (unpaired) electrons. The summed E-state index contributed by atoms with van der Waals surface area (Å²) in [6.07, 6.45) is 3.79. The number of hydrogen-bond donors (Lipinski definition) is 0. The van der Waals surface area contributed by atoms with E-state index in [0.717, 1.165) is 77.5 Å². The molecule has 247 valence electrons. The number of aryl methyl sites for hydroxylation is 5. The van der Waals surface area contributed by atoms with Gasteiger partial charge in [0, 0.05) is 54.0 Å². The molecule has 0 N–H and O–H groups in total. The van der Waals surface area contributed by atoms with Gasteiger partial charge in [-0.3, -0.25) is 0 Å². The summed E-state index contributed by atoms with van der Waals surface area (Å²) >= 11 is 0. The van der Waals surface area contributed by atoms with Gasteiger partial charge in [0.25, 0.3) is 0 Å². The van der Waals surface area contributed by atoms with Crippen molar-refractivity contribution in [2.24, 2.45) is 0 Å². The Kier molecular flexibility index (Phi) is 8.96. The Bertz CT molecular complexity index is 2650. The smallest absolute Gasteiger partial charge is 0.179 e. The van der Waals surface area contributed by atoms with Crippen LogP contribution in [0.25, 0.3) is 77.5 Å². The molecule has 0 bridgehead atoms. The third-order valence-corrected chi connectivity index (χ3v) is 9.32. The minimum atomic E-state index is 0. The van der Waals surface area contributed by atoms with Crippen molar-refractivity contribution >= 4 is 43.9 Å². The normalized spacial score (nSPS) is 11.1. The molecular formula is C45H34IrN2O2-2. The second kappa shape index (κ2) is 13.5. The van der Waals surface area contributed by atoms with Crippen LogP contribution < -0.4 is 0 Å². The van der Waals surface area contributed by atoms with Gasteiger partial charge in [-0.25, -0.2) is 0 Å². The molecule has 5 heteroatoms. The van der Waals surface area contributed by atoms with E-state index in [1.54, 1.807) is 0 Å². The van der Waals surface area contributed by atoms with E-state index in [-0.39, 0.29) is 20.1 Å². The molecule has 4 aromatic heterocycles. The molecule has 4 nitrogen and oxygen atoms in total. The molecule has 0 fully saturated rings. The van der Waals surface area contributed by atoms with E-state index in [1.807, 2.05) is 67.0 Å². The average Bonchev–Trinajstić information content (AvgIpc) is 3.71. The van der Waals surface area contributed by atoms with E-state index in [0.29, 0.717) is 0 Å². The van der Waals surface area contributed by atoms with Gasteiger partial charge in [-0.15, -0.1) is 71.3 Å². The third kappa shape index (κ3) is 5.93. The SMILES string of the molecule is Cc1c[c-]c(-c2cc(C)c(C)cn2)cc1.Cc1cccc2oc3c(cc(-c4ccnc(-c5[c-]cccc5)c4)c4c3oc3cccc(C)c34)c12.[Ir]. The first kappa shape index (κ1) is 33.2. The summed E-state index contributed by atoms with van der Waals surface area (Å²) in [5.41, 5.74) is 15.5. The molecule has 4 heterocycles. The molecule has 50 heavy (non-hydrogen) atoms. The maximum Gasteiger partial charge on any atom is 0.179 e. The van der Waals surface area contributed by atoms with Gasteiger partial charge in [0.1, 0.15) is 11.2 Å². The van der Waals surface area contributed by atoms with Crippen LogP contribution in [0.3, 0.4) is 0 Å². The molecule has 0 aliphatic heterocycles. The summed E-state index contributed by atoms with van der Waals surface area (Å²) in [7, 11) is 0. The molecule has 5 aromatic carbocycles. The van der Waals surface area contributed by atoms with Gasteiger partial charge >= 0.3 is 0 Å². The van der Waals surface area contributed by atoms with E-state index in [2.05, 4.69) is 105 Å². The molecule has 0 spiro atoms. The predicted octanol–water partition coefficient (Wildman–Crippen LogP) is 12.1. The standard InChI is InChI=1S/C31H20NO2.C14H14N.Ir/c1-18-8-6-12-25-27(18)23-17-22(21-14-15-32-24(16-21)20-10-4-3-5-11-20)29-28-19(2)9-7-13-26(28)34-31(29)30(23)33-25;1-10-4-6-13(7-5-10)14-8-11(2)12(3)9-15-14;/h3-10,12-17H,1-2H3;4-6,8-9H,1-3H3;/q2*-1;. The Hall–Kier alpha value is -5.35. The van der Waals surface area contributed by atoms with Crippen LogP contribution in [0.2, 0.25) is 0 Å². The molecule has 9 aromatic rings. The number of pyridine rings is 2. The maximum atomic E-state index is 6.48. The Labute approximate surface area is 305 Å². The number of fused-ring (bicyclic) bond motifs is 7. The van der Waals surface area contributed by atoms with Crippen molar-refractivity contribution in [3.8, 4) is 33.6 Å². The zero-order chi connectivity index (χ0) is 33.6. The van der Waals surface area contributed by atoms with Crippen molar-refractivity contribution in [3.05, 3.63) is 155 Å². The largest absolute Gasteiger partial charge is 0.452 e. The number of furan rings is 2. The molecule has 0 saturated carbocycles. The zero-order valence-electron chi connectivity index (χ0n) is 28.5. The first-order chi connectivity index (χ1) is 23.9. The second-order valence-electron chi connectivity index (χ2n) is 12.7. The van der Waals surface area contributed by atoms with Crippen molar-refractivity contribution in [2.75, 3.05) is 0 Å². The van der Waals surface area contributed by atoms with Crippen LogP contribution in [-0.2, 0) is 20.1 Å². The molecule has 0 saturated heterocycles. The van der Waals surface area contributed by atoms with Crippen LogP contribution in [0.1, 0.15) is 27.8 Å². The van der Waals surface area contributed by atoms with Gasteiger partial charge in [0.05, 0.1) is 0 Å². The number of nitrogens with zero attached hydrogens (tertiary/aromatic N) is 2. The van der Waals surface area contributed by atoms with Crippen molar-refractivity contribution in [2.45, 2.75) is 34.6 Å². The minimum Gasteiger partial charge on any atom is -0.452 e. The molecule has 0 amide bonds. The maximum absolute atomic E-state index is 6.48. The summed E-state index contributed by atoms with van der Waals surface area (Å²) in [6, 6.07) is 41.6. The topological polar surface area (TPSA) is 52.1 Å². The number of benzene rings is 5. The molecule has 0 aliphatic rings. The van der Waals surface area contributed by atoms with Gasteiger partial charge in [0.2, 0.25) is 0 Å². The first-order valence-corrected chi connectivity index (χ1v) is 16.5. The van der Waals surface area contributed by atoms with Crippen molar-refractivity contribution in [1.82, 2.24) is 9.97 Å². The van der Waals surface area contributed by atoms with Crippen LogP contribution in [0.5, 0.6) is 0 Å². The van der Waals surface area contributed by atoms with Crippen molar-refractivity contribution in [1.29, 1.82) is 0 Å². The summed E-state index contributed by atoms with van der Waals surface area (Å²) in [5.74, 6) is 0. The molecule has 0 unspecified atom stereocenters. The first-order valence-electron chi connectivity index (χ1n) is 16.5. The quantitative estimate of drug-likeness (QED) is 0.167. The van der Waals surface area contributed by atoms with Crippen LogP contribution >= 0.6 is 0 Å². The molecular weight excluding hydrogens is 793 g/mol. The molecule has 0 aliphatic carbocycles. The Morgan fingerprint density at radius 1 is 0.560 bits per heavy atom. The average molecular weight is 827 g/mol. The predicted molar refractivity (Wildman–Crippen MR) is 201 cm³/mol. The Balaban J connectivity index is 0.000000207. The summed E-state index contributed by atoms with van der Waals surface area (Å²) in [5, 5.41) is 4.39. The Morgan fingerprint density at radius 3 is 2.00 bits per heavy atom. The van der Waals surface area contributed by atoms with Crippen LogP contribution in [-0.4, -0.2) is 9.97 Å². The third-order valence-electron chi connectivity index (χ3n) is 9.32. The number of aromatic nitrogens is 2. The van der Waals surface area contributed by atoms with Crippen molar-refractivity contribution < 1.29 is 28.9 Å². The molecule has 0 atom stereocenters. The van der Waals surface area contributed by atoms with Gasteiger partial charge in [-0.05, 0) is 91.2 Å². The van der Waals surface area contributed by atoms with Gasteiger partial charge in [0.15, 0.2) is 11.2 Å². The van der Waals surface area contributed by atoms with Gasteiger partial charge in [-0.2, -0.15) is 0 Å². The van der Waals surface area contributed by atoms with Crippen LogP contribution in [0, 0.1) is 46.8 Å². The molecule has 9 rings (SSSR count). The number of hydrogen-bond acceptors (Lipinski definition) is 4. The van der Waals surface area contributed by atoms with E-state index in [9.17, 15) is 0 Å². The summed E-state index contributed by atoms with van der Waals surface area (Å²) in [6.45, 7) is 10.5. The van der Waals surface area contributed by atoms with Gasteiger partial charge < -0.3 is 18.8 Å². The van der Waals surface area contributed by atoms with Crippen LogP contribution in [0.4, 0.5) is 0 Å². The van der Waals surface area contributed by atoms with Crippen molar-refractivity contribution in [3.63, 3.8) is 0 Å². The fourth-order valence-electron chi connectivity index (χ4n) is 6.57. The summed E-state index contributed by atoms with van der Waals surface area (Å²) in [4.78, 5) is 9.03. The minimum absolute atomic E-state index is 0.